The van der Waals surface area contributed by atoms with Gasteiger partial charge in [0.05, 0.1) is 12.3 Å². The molecule has 0 aromatic heterocycles. The zero-order valence-corrected chi connectivity index (χ0v) is 28.8. The number of carboxylic acids is 2. The predicted octanol–water partition coefficient (Wildman–Crippen LogP) is 1.30. The fourth-order valence-electron chi connectivity index (χ4n) is 6.07. The zero-order chi connectivity index (χ0) is 35.6. The molecule has 0 radical (unpaired) electrons. The molecule has 0 unspecified atom stereocenters. The Bertz CT molecular complexity index is 1160. The highest BCUT2D eigenvalue weighted by atomic mass is 16.4. The second-order valence-corrected chi connectivity index (χ2v) is 14.0. The Morgan fingerprint density at radius 3 is 1.91 bits per heavy atom. The van der Waals surface area contributed by atoms with Crippen molar-refractivity contribution >= 4 is 41.6 Å². The molecule has 0 spiro atoms. The maximum atomic E-state index is 14.2. The minimum atomic E-state index is -1.68. The smallest absolute Gasteiger partial charge is 0.326 e. The van der Waals surface area contributed by atoms with Gasteiger partial charge in [-0.25, -0.2) is 9.59 Å². The Hall–Kier alpha value is -3.91. The van der Waals surface area contributed by atoms with Gasteiger partial charge in [-0.05, 0) is 49.9 Å². The van der Waals surface area contributed by atoms with Crippen LogP contribution in [0.3, 0.4) is 0 Å². The van der Waals surface area contributed by atoms with Crippen molar-refractivity contribution in [3.8, 4) is 0 Å². The van der Waals surface area contributed by atoms with Crippen LogP contribution in [0.1, 0.15) is 93.4 Å². The van der Waals surface area contributed by atoms with Crippen LogP contribution in [0.4, 0.5) is 4.79 Å². The number of carbonyl (C=O) groups excluding carboxylic acids is 5. The van der Waals surface area contributed by atoms with Gasteiger partial charge in [0.15, 0.2) is 0 Å². The molecule has 5 atom stereocenters. The van der Waals surface area contributed by atoms with Gasteiger partial charge in [0.25, 0.3) is 0 Å². The first-order valence-electron chi connectivity index (χ1n) is 16.6. The Labute approximate surface area is 276 Å². The van der Waals surface area contributed by atoms with E-state index in [-0.39, 0.29) is 37.3 Å². The molecule has 2 saturated heterocycles. The SMILES string of the molecule is CCC(CC)NC(=O)N[C@H](C(=O)N1CC[C@@H](C(=O)N2CCCC2)[C@H]1C(=O)N[C@@H](CC(=O)O)C(=O)N[C@@H](CC(C)C)C(=O)O)C(C)(C)C. The monoisotopic (exact) mass is 666 g/mol. The molecule has 0 bridgehead atoms. The number of nitrogens with zero attached hydrogens (tertiary/aromatic N) is 2. The fraction of sp³-hybridized carbons (Fsp3) is 0.781. The van der Waals surface area contributed by atoms with Crippen molar-refractivity contribution in [1.82, 2.24) is 31.1 Å². The first-order chi connectivity index (χ1) is 21.9. The number of hydrogen-bond acceptors (Lipinski definition) is 7. The summed E-state index contributed by atoms with van der Waals surface area (Å²) < 4.78 is 0. The molecular weight excluding hydrogens is 612 g/mol. The van der Waals surface area contributed by atoms with Gasteiger partial charge in [-0.3, -0.25) is 24.0 Å². The number of urea groups is 1. The van der Waals surface area contributed by atoms with Gasteiger partial charge in [-0.1, -0.05) is 48.5 Å². The normalized spacial score (nSPS) is 20.0. The third-order valence-electron chi connectivity index (χ3n) is 8.73. The van der Waals surface area contributed by atoms with Crippen LogP contribution in [-0.2, 0) is 28.8 Å². The van der Waals surface area contributed by atoms with E-state index in [1.54, 1.807) is 39.5 Å². The third kappa shape index (κ3) is 11.1. The number of likely N-dealkylation sites (tertiary alicyclic amines) is 2. The van der Waals surface area contributed by atoms with Crippen molar-refractivity contribution in [3.63, 3.8) is 0 Å². The van der Waals surface area contributed by atoms with Crippen molar-refractivity contribution in [3.05, 3.63) is 0 Å². The predicted molar refractivity (Wildman–Crippen MR) is 172 cm³/mol. The molecule has 2 fully saturated rings. The van der Waals surface area contributed by atoms with E-state index < -0.39 is 77.6 Å². The van der Waals surface area contributed by atoms with E-state index in [4.69, 9.17) is 0 Å². The minimum absolute atomic E-state index is 0.00879. The number of hydrogen-bond donors (Lipinski definition) is 6. The second kappa shape index (κ2) is 17.3. The average Bonchev–Trinajstić information content (AvgIpc) is 3.67. The van der Waals surface area contributed by atoms with E-state index >= 15 is 0 Å². The number of rotatable bonds is 15. The Morgan fingerprint density at radius 1 is 0.830 bits per heavy atom. The number of carboxylic acid groups (broad SMARTS) is 2. The van der Waals surface area contributed by atoms with Crippen molar-refractivity contribution < 1.29 is 43.8 Å². The molecule has 0 aromatic rings. The molecule has 2 aliphatic rings. The van der Waals surface area contributed by atoms with Crippen LogP contribution in [0.5, 0.6) is 0 Å². The molecule has 266 valence electrons. The lowest BCUT2D eigenvalue weighted by Gasteiger charge is -2.37. The summed E-state index contributed by atoms with van der Waals surface area (Å²) in [4.78, 5) is 94.5. The summed E-state index contributed by atoms with van der Waals surface area (Å²) in [6.45, 7) is 13.7. The van der Waals surface area contributed by atoms with Crippen LogP contribution < -0.4 is 21.3 Å². The van der Waals surface area contributed by atoms with Crippen molar-refractivity contribution in [2.24, 2.45) is 17.3 Å². The maximum absolute atomic E-state index is 14.2. The van der Waals surface area contributed by atoms with Crippen molar-refractivity contribution in [2.75, 3.05) is 19.6 Å². The van der Waals surface area contributed by atoms with Gasteiger partial charge >= 0.3 is 18.0 Å². The summed E-state index contributed by atoms with van der Waals surface area (Å²) in [5.41, 5.74) is -0.811. The van der Waals surface area contributed by atoms with Crippen molar-refractivity contribution in [1.29, 1.82) is 0 Å². The Kier molecular flexibility index (Phi) is 14.5. The number of aliphatic carboxylic acids is 2. The number of carbonyl (C=O) groups is 7. The van der Waals surface area contributed by atoms with Gasteiger partial charge in [0.1, 0.15) is 24.2 Å². The van der Waals surface area contributed by atoms with E-state index in [1.165, 1.54) is 4.90 Å². The first kappa shape index (κ1) is 39.3. The molecular formula is C32H54N6O9. The molecule has 0 aliphatic carbocycles. The number of nitrogens with one attached hydrogen (secondary N) is 4. The molecule has 0 saturated carbocycles. The largest absolute Gasteiger partial charge is 0.481 e. The van der Waals surface area contributed by atoms with Crippen LogP contribution in [0.2, 0.25) is 0 Å². The van der Waals surface area contributed by atoms with Crippen molar-refractivity contribution in [2.45, 2.75) is 124 Å². The van der Waals surface area contributed by atoms with Gasteiger partial charge in [-0.2, -0.15) is 0 Å². The summed E-state index contributed by atoms with van der Waals surface area (Å²) in [6.07, 6.45) is 2.30. The van der Waals surface area contributed by atoms with Crippen LogP contribution in [0, 0.1) is 17.3 Å². The Morgan fingerprint density at radius 2 is 1.43 bits per heavy atom. The van der Waals surface area contributed by atoms with Crippen LogP contribution in [0.25, 0.3) is 0 Å². The fourth-order valence-corrected chi connectivity index (χ4v) is 6.07. The Balaban J connectivity index is 2.45. The lowest BCUT2D eigenvalue weighted by molar-refractivity contribution is -0.148. The zero-order valence-electron chi connectivity index (χ0n) is 28.8. The molecule has 2 aliphatic heterocycles. The summed E-state index contributed by atoms with van der Waals surface area (Å²) in [6, 6.07) is -6.18. The molecule has 47 heavy (non-hydrogen) atoms. The van der Waals surface area contributed by atoms with Gasteiger partial charge in [0.2, 0.25) is 23.6 Å². The summed E-state index contributed by atoms with van der Waals surface area (Å²) >= 11 is 0. The highest BCUT2D eigenvalue weighted by Crippen LogP contribution is 2.31. The third-order valence-corrected chi connectivity index (χ3v) is 8.73. The highest BCUT2D eigenvalue weighted by Gasteiger charge is 2.50. The molecule has 15 heteroatoms. The maximum Gasteiger partial charge on any atom is 0.326 e. The lowest BCUT2D eigenvalue weighted by Crippen LogP contribution is -2.62. The van der Waals surface area contributed by atoms with E-state index in [0.717, 1.165) is 12.8 Å². The molecule has 6 N–H and O–H groups in total. The lowest BCUT2D eigenvalue weighted by atomic mass is 9.85. The van der Waals surface area contributed by atoms with E-state index in [9.17, 15) is 43.8 Å². The minimum Gasteiger partial charge on any atom is -0.481 e. The van der Waals surface area contributed by atoms with Gasteiger partial charge < -0.3 is 41.3 Å². The number of amides is 6. The molecule has 6 amide bonds. The molecule has 2 rings (SSSR count). The molecule has 0 aromatic carbocycles. The molecule has 2 heterocycles. The standard InChI is InChI=1S/C32H54N6O9/c1-8-19(9-2)33-31(47)36-25(32(5,6)7)29(44)38-15-12-20(28(43)37-13-10-11-14-37)24(38)27(42)34-21(17-23(39)40)26(41)35-22(30(45)46)16-18(3)4/h18-22,24-25H,8-17H2,1-7H3,(H,34,42)(H,35,41)(H,39,40)(H,45,46)(H2,33,36,47)/t20-,21+,22+,24+,25-/m1/s1. The highest BCUT2D eigenvalue weighted by molar-refractivity contribution is 5.99. The second-order valence-electron chi connectivity index (χ2n) is 14.0. The topological polar surface area (TPSA) is 215 Å². The summed E-state index contributed by atoms with van der Waals surface area (Å²) in [5.74, 6) is -6.68. The van der Waals surface area contributed by atoms with Gasteiger partial charge in [0, 0.05) is 25.7 Å². The van der Waals surface area contributed by atoms with Crippen LogP contribution >= 0.6 is 0 Å². The van der Waals surface area contributed by atoms with Crippen LogP contribution in [0.15, 0.2) is 0 Å². The quantitative estimate of drug-likeness (QED) is 0.148. The van der Waals surface area contributed by atoms with E-state index in [2.05, 4.69) is 21.3 Å². The first-order valence-corrected chi connectivity index (χ1v) is 16.6. The summed E-state index contributed by atoms with van der Waals surface area (Å²) in [5, 5.41) is 29.5. The van der Waals surface area contributed by atoms with E-state index in [1.807, 2.05) is 13.8 Å². The van der Waals surface area contributed by atoms with Gasteiger partial charge in [-0.15, -0.1) is 0 Å². The summed E-state index contributed by atoms with van der Waals surface area (Å²) in [7, 11) is 0. The average molecular weight is 667 g/mol. The van der Waals surface area contributed by atoms with E-state index in [0.29, 0.717) is 25.9 Å². The molecule has 15 nitrogen and oxygen atoms in total. The van der Waals surface area contributed by atoms with Crippen LogP contribution in [-0.4, -0.2) is 111 Å².